The largest absolute Gasteiger partial charge is 0.466 e. The van der Waals surface area contributed by atoms with E-state index in [4.69, 9.17) is 10.5 Å². The summed E-state index contributed by atoms with van der Waals surface area (Å²) in [6.45, 7) is 5.05. The third-order valence-corrected chi connectivity index (χ3v) is 6.80. The molecule has 1 atom stereocenters. The van der Waals surface area contributed by atoms with Crippen molar-refractivity contribution in [2.45, 2.75) is 39.5 Å². The fraction of sp³-hybridized carbons (Fsp3) is 0.364. The molecule has 0 fully saturated rings. The third-order valence-electron chi connectivity index (χ3n) is 4.73. The lowest BCUT2D eigenvalue weighted by Crippen LogP contribution is -2.10. The zero-order valence-corrected chi connectivity index (χ0v) is 22.3. The van der Waals surface area contributed by atoms with Gasteiger partial charge in [-0.1, -0.05) is 19.1 Å². The Labute approximate surface area is 212 Å². The molecule has 12 heteroatoms. The van der Waals surface area contributed by atoms with E-state index >= 15 is 0 Å². The highest BCUT2D eigenvalue weighted by atomic mass is 127. The molecule has 1 aromatic carbocycles. The number of aromatic nitrogens is 6. The van der Waals surface area contributed by atoms with Crippen LogP contribution in [0, 0.1) is 0 Å². The minimum Gasteiger partial charge on any atom is -0.466 e. The van der Waals surface area contributed by atoms with E-state index in [0.717, 1.165) is 47.5 Å². The van der Waals surface area contributed by atoms with E-state index in [9.17, 15) is 4.79 Å². The highest BCUT2D eigenvalue weighted by Gasteiger charge is 2.08. The Morgan fingerprint density at radius 3 is 2.79 bits per heavy atom. The topological polar surface area (TPSA) is 134 Å². The van der Waals surface area contributed by atoms with E-state index < -0.39 is 0 Å². The molecule has 1 unspecified atom stereocenters. The average molecular weight is 594 g/mol. The number of benzene rings is 1. The van der Waals surface area contributed by atoms with Crippen molar-refractivity contribution in [1.29, 1.82) is 0 Å². The van der Waals surface area contributed by atoms with Gasteiger partial charge < -0.3 is 15.8 Å². The summed E-state index contributed by atoms with van der Waals surface area (Å²) in [5, 5.41) is 4.34. The molecular weight excluding hydrogens is 566 g/mol. The standard InChI is InChI=1S/C17H23N3O2.C5H5IN5P/c1-3-8-15-19-14-10-6-5-9-13(14)17(20-15)18-12-7-11-16(21)22-4-2;6-12-11-2-10-3-4(7)8-1-9-5(3)11/h5-6,9-10H,3-4,7-8,11-12H2,1-2H3,(H,18,19,20);1-2,12H,(H2,7,8,9). The van der Waals surface area contributed by atoms with Crippen LogP contribution >= 0.6 is 28.4 Å². The molecule has 34 heavy (non-hydrogen) atoms. The van der Waals surface area contributed by atoms with Gasteiger partial charge in [-0.3, -0.25) is 9.13 Å². The van der Waals surface area contributed by atoms with Crippen LogP contribution < -0.4 is 11.1 Å². The number of imidazole rings is 1. The van der Waals surface area contributed by atoms with E-state index in [1.165, 1.54) is 6.33 Å². The summed E-state index contributed by atoms with van der Waals surface area (Å²) in [5.74, 6) is 1.99. The second-order valence-electron chi connectivity index (χ2n) is 7.22. The van der Waals surface area contributed by atoms with Gasteiger partial charge in [0.15, 0.2) is 17.0 Å². The molecule has 0 aliphatic heterocycles. The van der Waals surface area contributed by atoms with Crippen molar-refractivity contribution >= 4 is 68.1 Å². The van der Waals surface area contributed by atoms with Gasteiger partial charge in [0.25, 0.3) is 0 Å². The Morgan fingerprint density at radius 2 is 2.03 bits per heavy atom. The number of nitrogens with two attached hydrogens (primary N) is 1. The normalized spacial score (nSPS) is 11.0. The molecule has 10 nitrogen and oxygen atoms in total. The van der Waals surface area contributed by atoms with Gasteiger partial charge in [0.05, 0.1) is 18.5 Å². The van der Waals surface area contributed by atoms with E-state index in [1.54, 1.807) is 6.33 Å². The Bertz CT molecular complexity index is 1240. The summed E-state index contributed by atoms with van der Waals surface area (Å²) in [4.78, 5) is 32.6. The first-order chi connectivity index (χ1) is 16.6. The molecule has 3 heterocycles. The van der Waals surface area contributed by atoms with E-state index in [2.05, 4.69) is 59.2 Å². The molecule has 0 saturated carbocycles. The van der Waals surface area contributed by atoms with Crippen LogP contribution in [0.2, 0.25) is 0 Å². The number of nitrogens with zero attached hydrogens (tertiary/aromatic N) is 6. The fourth-order valence-corrected chi connectivity index (χ4v) is 4.59. The molecule has 3 aromatic heterocycles. The minimum atomic E-state index is -0.150. The number of hydrogen-bond acceptors (Lipinski definition) is 9. The second-order valence-corrected chi connectivity index (χ2v) is 9.32. The predicted octanol–water partition coefficient (Wildman–Crippen LogP) is 4.54. The molecule has 0 aliphatic carbocycles. The van der Waals surface area contributed by atoms with Crippen LogP contribution in [-0.4, -0.2) is 48.4 Å². The number of fused-ring (bicyclic) bond motifs is 2. The molecular formula is C22H28IN8O2P. The van der Waals surface area contributed by atoms with E-state index in [0.29, 0.717) is 37.3 Å². The second kappa shape index (κ2) is 13.3. The first kappa shape index (κ1) is 26.0. The smallest absolute Gasteiger partial charge is 0.305 e. The lowest BCUT2D eigenvalue weighted by molar-refractivity contribution is -0.143. The Morgan fingerprint density at radius 1 is 1.21 bits per heavy atom. The zero-order valence-electron chi connectivity index (χ0n) is 19.2. The molecule has 3 N–H and O–H groups in total. The number of ether oxygens (including phenoxy) is 1. The lowest BCUT2D eigenvalue weighted by Gasteiger charge is -2.10. The molecule has 4 rings (SSSR count). The number of aryl methyl sites for hydroxylation is 1. The lowest BCUT2D eigenvalue weighted by atomic mass is 10.2. The Hall–Kier alpha value is -2.66. The summed E-state index contributed by atoms with van der Waals surface area (Å²) in [6.07, 6.45) is 6.78. The van der Waals surface area contributed by atoms with Crippen molar-refractivity contribution < 1.29 is 9.53 Å². The van der Waals surface area contributed by atoms with Crippen molar-refractivity contribution in [2.24, 2.45) is 0 Å². The highest BCUT2D eigenvalue weighted by Crippen LogP contribution is 2.28. The SMILES string of the molecule is CCCc1nc(NCCCC(=O)OCC)c2ccccc2n1.Nc1ncnc2c1ncn2PI. The van der Waals surface area contributed by atoms with Gasteiger partial charge in [-0.05, 0) is 53.9 Å². The quantitative estimate of drug-likeness (QED) is 0.124. The van der Waals surface area contributed by atoms with Crippen molar-refractivity contribution in [3.63, 3.8) is 0 Å². The number of rotatable bonds is 9. The van der Waals surface area contributed by atoms with Gasteiger partial charge in [0.1, 0.15) is 24.3 Å². The maximum atomic E-state index is 11.3. The molecule has 0 saturated heterocycles. The first-order valence-corrected chi connectivity index (χ1v) is 15.1. The Kier molecular flexibility index (Phi) is 10.1. The molecule has 0 spiro atoms. The minimum absolute atomic E-state index is 0.150. The number of hydrogen-bond donors (Lipinski definition) is 2. The maximum Gasteiger partial charge on any atom is 0.305 e. The number of carbonyl (C=O) groups is 1. The van der Waals surface area contributed by atoms with Gasteiger partial charge in [-0.25, -0.2) is 24.9 Å². The van der Waals surface area contributed by atoms with Gasteiger partial charge >= 0.3 is 5.97 Å². The number of anilines is 2. The molecule has 0 radical (unpaired) electrons. The van der Waals surface area contributed by atoms with Crippen LogP contribution in [-0.2, 0) is 16.0 Å². The number of nitrogens with one attached hydrogen (secondary N) is 1. The van der Waals surface area contributed by atoms with Crippen molar-refractivity contribution in [2.75, 3.05) is 24.2 Å². The van der Waals surface area contributed by atoms with Crippen molar-refractivity contribution in [3.8, 4) is 0 Å². The number of esters is 1. The molecule has 4 aromatic rings. The Balaban J connectivity index is 0.000000226. The summed E-state index contributed by atoms with van der Waals surface area (Å²) < 4.78 is 6.86. The van der Waals surface area contributed by atoms with Crippen LogP contribution in [0.15, 0.2) is 36.9 Å². The van der Waals surface area contributed by atoms with Crippen LogP contribution in [0.3, 0.4) is 0 Å². The van der Waals surface area contributed by atoms with E-state index in [-0.39, 0.29) is 5.97 Å². The highest BCUT2D eigenvalue weighted by molar-refractivity contribution is 14.2. The van der Waals surface area contributed by atoms with Crippen LogP contribution in [0.4, 0.5) is 11.6 Å². The molecule has 0 aliphatic rings. The summed E-state index contributed by atoms with van der Waals surface area (Å²) in [7, 11) is 0. The monoisotopic (exact) mass is 594 g/mol. The van der Waals surface area contributed by atoms with Gasteiger partial charge in [0.2, 0.25) is 0 Å². The molecule has 0 amide bonds. The number of nitrogen functional groups attached to an aromatic ring is 1. The number of para-hydroxylation sites is 1. The summed E-state index contributed by atoms with van der Waals surface area (Å²) >= 11 is 2.26. The van der Waals surface area contributed by atoms with Crippen molar-refractivity contribution in [1.82, 2.24) is 29.3 Å². The number of carbonyl (C=O) groups excluding carboxylic acids is 1. The summed E-state index contributed by atoms with van der Waals surface area (Å²) in [5.41, 5.74) is 8.03. The third kappa shape index (κ3) is 6.92. The van der Waals surface area contributed by atoms with Crippen LogP contribution in [0.25, 0.3) is 22.1 Å². The van der Waals surface area contributed by atoms with Gasteiger partial charge in [-0.2, -0.15) is 0 Å². The van der Waals surface area contributed by atoms with Gasteiger partial charge in [0, 0.05) is 24.8 Å². The van der Waals surface area contributed by atoms with E-state index in [1.807, 2.05) is 35.5 Å². The summed E-state index contributed by atoms with van der Waals surface area (Å²) in [6, 6.07) is 7.98. The maximum absolute atomic E-state index is 11.3. The first-order valence-electron chi connectivity index (χ1n) is 11.0. The molecule has 0 bridgehead atoms. The fourth-order valence-electron chi connectivity index (χ4n) is 3.18. The van der Waals surface area contributed by atoms with Gasteiger partial charge in [-0.15, -0.1) is 0 Å². The van der Waals surface area contributed by atoms with Crippen LogP contribution in [0.5, 0.6) is 0 Å². The number of halogens is 1. The zero-order chi connectivity index (χ0) is 24.3. The average Bonchev–Trinajstić information content (AvgIpc) is 3.27. The molecule has 180 valence electrons. The predicted molar refractivity (Wildman–Crippen MR) is 145 cm³/mol. The van der Waals surface area contributed by atoms with Crippen molar-refractivity contribution in [3.05, 3.63) is 42.7 Å². The van der Waals surface area contributed by atoms with Crippen LogP contribution in [0.1, 0.15) is 38.9 Å².